The molecule has 1 saturated carbocycles. The number of hydrogen-bond acceptors (Lipinski definition) is 2. The second-order valence-electron chi connectivity index (χ2n) is 5.78. The van der Waals surface area contributed by atoms with Crippen LogP contribution in [0.4, 0.5) is 0 Å². The van der Waals surface area contributed by atoms with Crippen LogP contribution in [0.25, 0.3) is 0 Å². The first-order chi connectivity index (χ1) is 8.65. The van der Waals surface area contributed by atoms with E-state index in [1.54, 1.807) is 6.07 Å². The average Bonchev–Trinajstić information content (AvgIpc) is 2.91. The molecule has 1 aromatic rings. The Morgan fingerprint density at radius 1 is 1.28 bits per heavy atom. The summed E-state index contributed by atoms with van der Waals surface area (Å²) in [5, 5.41) is 10.0. The molecular formula is C15H20BrNO. The molecular weight excluding hydrogens is 290 g/mol. The zero-order chi connectivity index (χ0) is 12.7. The van der Waals surface area contributed by atoms with Gasteiger partial charge in [0.1, 0.15) is 5.75 Å². The summed E-state index contributed by atoms with van der Waals surface area (Å²) in [5.41, 5.74) is 1.05. The second kappa shape index (κ2) is 4.86. The van der Waals surface area contributed by atoms with Crippen LogP contribution in [0.5, 0.6) is 5.75 Å². The second-order valence-corrected chi connectivity index (χ2v) is 6.70. The summed E-state index contributed by atoms with van der Waals surface area (Å²) in [6.45, 7) is 4.62. The maximum atomic E-state index is 10.0. The first-order valence-corrected chi connectivity index (χ1v) is 7.67. The highest BCUT2D eigenvalue weighted by Gasteiger charge is 2.38. The first-order valence-electron chi connectivity index (χ1n) is 6.87. The van der Waals surface area contributed by atoms with Crippen LogP contribution in [0, 0.1) is 11.8 Å². The predicted molar refractivity (Wildman–Crippen MR) is 76.6 cm³/mol. The minimum absolute atomic E-state index is 0.313. The van der Waals surface area contributed by atoms with E-state index in [2.05, 4.69) is 27.8 Å². The number of phenolic OH excluding ortho intramolecular Hbond substituents is 1. The van der Waals surface area contributed by atoms with Crippen LogP contribution < -0.4 is 0 Å². The highest BCUT2D eigenvalue weighted by Crippen LogP contribution is 2.42. The van der Waals surface area contributed by atoms with E-state index in [0.29, 0.717) is 11.8 Å². The van der Waals surface area contributed by atoms with Crippen molar-refractivity contribution in [1.82, 2.24) is 4.90 Å². The van der Waals surface area contributed by atoms with E-state index in [4.69, 9.17) is 0 Å². The van der Waals surface area contributed by atoms with Gasteiger partial charge in [0.05, 0.1) is 0 Å². The van der Waals surface area contributed by atoms with Crippen LogP contribution in [0.3, 0.4) is 0 Å². The van der Waals surface area contributed by atoms with Gasteiger partial charge in [-0.15, -0.1) is 0 Å². The van der Waals surface area contributed by atoms with E-state index in [-0.39, 0.29) is 0 Å². The largest absolute Gasteiger partial charge is 0.508 e. The predicted octanol–water partition coefficient (Wildman–Crippen LogP) is 3.95. The Hall–Kier alpha value is -0.540. The molecule has 0 bridgehead atoms. The van der Waals surface area contributed by atoms with Crippen molar-refractivity contribution in [2.45, 2.75) is 32.2 Å². The molecule has 18 heavy (non-hydrogen) atoms. The maximum Gasteiger partial charge on any atom is 0.120 e. The third-order valence-electron chi connectivity index (χ3n) is 4.74. The highest BCUT2D eigenvalue weighted by molar-refractivity contribution is 9.10. The summed E-state index contributed by atoms with van der Waals surface area (Å²) in [5.74, 6) is 2.23. The lowest BCUT2D eigenvalue weighted by atomic mass is 10.0. The minimum Gasteiger partial charge on any atom is -0.508 e. The molecule has 1 aromatic carbocycles. The van der Waals surface area contributed by atoms with Gasteiger partial charge in [0, 0.05) is 29.2 Å². The third-order valence-corrected chi connectivity index (χ3v) is 5.24. The van der Waals surface area contributed by atoms with Gasteiger partial charge in [0.15, 0.2) is 0 Å². The fourth-order valence-electron chi connectivity index (χ4n) is 3.64. The van der Waals surface area contributed by atoms with Crippen molar-refractivity contribution in [1.29, 1.82) is 0 Å². The quantitative estimate of drug-likeness (QED) is 0.894. The van der Waals surface area contributed by atoms with E-state index in [1.807, 2.05) is 12.1 Å². The molecule has 0 radical (unpaired) electrons. The lowest BCUT2D eigenvalue weighted by Crippen LogP contribution is -2.25. The molecule has 2 fully saturated rings. The lowest BCUT2D eigenvalue weighted by Gasteiger charge is -2.26. The van der Waals surface area contributed by atoms with Crippen molar-refractivity contribution >= 4 is 15.9 Å². The van der Waals surface area contributed by atoms with Crippen LogP contribution in [-0.4, -0.2) is 23.1 Å². The number of rotatable bonds is 2. The van der Waals surface area contributed by atoms with Gasteiger partial charge < -0.3 is 5.11 Å². The Balaban J connectivity index is 1.78. The fourth-order valence-corrected chi connectivity index (χ4v) is 4.02. The zero-order valence-electron chi connectivity index (χ0n) is 10.8. The maximum absolute atomic E-state index is 10.0. The molecule has 2 nitrogen and oxygen atoms in total. The molecule has 1 saturated heterocycles. The van der Waals surface area contributed by atoms with Crippen LogP contribution in [0.15, 0.2) is 22.7 Å². The van der Waals surface area contributed by atoms with Crippen molar-refractivity contribution < 1.29 is 5.11 Å². The van der Waals surface area contributed by atoms with Crippen molar-refractivity contribution in [3.05, 3.63) is 28.2 Å². The van der Waals surface area contributed by atoms with Crippen molar-refractivity contribution in [2.24, 2.45) is 11.8 Å². The Bertz CT molecular complexity index is 436. The molecule has 0 spiro atoms. The van der Waals surface area contributed by atoms with Gasteiger partial charge in [-0.05, 0) is 49.8 Å². The molecule has 1 aliphatic heterocycles. The van der Waals surface area contributed by atoms with Crippen molar-refractivity contribution in [3.8, 4) is 5.75 Å². The Morgan fingerprint density at radius 2 is 1.94 bits per heavy atom. The SMILES string of the molecule is CC(c1cc(Br)ccc1O)N1CC2CCCC2C1. The number of phenols is 1. The highest BCUT2D eigenvalue weighted by atomic mass is 79.9. The molecule has 3 rings (SSSR count). The topological polar surface area (TPSA) is 23.5 Å². The standard InChI is InChI=1S/C15H20BrNO/c1-10(14-7-13(16)5-6-15(14)18)17-8-11-3-2-4-12(11)9-17/h5-7,10-12,18H,2-4,8-9H2,1H3. The molecule has 1 heterocycles. The van der Waals surface area contributed by atoms with E-state index in [1.165, 1.54) is 32.4 Å². The number of fused-ring (bicyclic) bond motifs is 1. The minimum atomic E-state index is 0.313. The molecule has 2 aliphatic rings. The lowest BCUT2D eigenvalue weighted by molar-refractivity contribution is 0.238. The van der Waals surface area contributed by atoms with E-state index >= 15 is 0 Å². The van der Waals surface area contributed by atoms with Gasteiger partial charge in [0.25, 0.3) is 0 Å². The van der Waals surface area contributed by atoms with E-state index in [9.17, 15) is 5.11 Å². The normalized spacial score (nSPS) is 29.4. The van der Waals surface area contributed by atoms with Crippen LogP contribution >= 0.6 is 15.9 Å². The summed E-state index contributed by atoms with van der Waals surface area (Å²) >= 11 is 3.49. The Labute approximate surface area is 117 Å². The number of nitrogens with zero attached hydrogens (tertiary/aromatic N) is 1. The molecule has 98 valence electrons. The molecule has 3 unspecified atom stereocenters. The van der Waals surface area contributed by atoms with Gasteiger partial charge in [0.2, 0.25) is 0 Å². The third kappa shape index (κ3) is 2.19. The summed E-state index contributed by atoms with van der Waals surface area (Å²) in [6.07, 6.45) is 4.22. The van der Waals surface area contributed by atoms with Gasteiger partial charge in [-0.2, -0.15) is 0 Å². The Kier molecular flexibility index (Phi) is 3.37. The number of halogens is 1. The van der Waals surface area contributed by atoms with E-state index < -0.39 is 0 Å². The number of likely N-dealkylation sites (tertiary alicyclic amines) is 1. The summed E-state index contributed by atoms with van der Waals surface area (Å²) < 4.78 is 1.04. The number of benzene rings is 1. The van der Waals surface area contributed by atoms with Crippen LogP contribution in [-0.2, 0) is 0 Å². The van der Waals surface area contributed by atoms with Gasteiger partial charge in [-0.1, -0.05) is 22.4 Å². The van der Waals surface area contributed by atoms with Gasteiger partial charge >= 0.3 is 0 Å². The smallest absolute Gasteiger partial charge is 0.120 e. The molecule has 1 aliphatic carbocycles. The van der Waals surface area contributed by atoms with Gasteiger partial charge in [-0.3, -0.25) is 4.90 Å². The molecule has 3 heteroatoms. The Morgan fingerprint density at radius 3 is 2.61 bits per heavy atom. The summed E-state index contributed by atoms with van der Waals surface area (Å²) in [6, 6.07) is 6.04. The van der Waals surface area contributed by atoms with Crippen LogP contribution in [0.2, 0.25) is 0 Å². The first kappa shape index (κ1) is 12.5. The van der Waals surface area contributed by atoms with Gasteiger partial charge in [-0.25, -0.2) is 0 Å². The van der Waals surface area contributed by atoms with E-state index in [0.717, 1.165) is 21.9 Å². The molecule has 0 aromatic heterocycles. The van der Waals surface area contributed by atoms with Crippen molar-refractivity contribution in [3.63, 3.8) is 0 Å². The van der Waals surface area contributed by atoms with Crippen molar-refractivity contribution in [2.75, 3.05) is 13.1 Å². The summed E-state index contributed by atoms with van der Waals surface area (Å²) in [7, 11) is 0. The number of aromatic hydroxyl groups is 1. The zero-order valence-corrected chi connectivity index (χ0v) is 12.4. The fraction of sp³-hybridized carbons (Fsp3) is 0.600. The molecule has 3 atom stereocenters. The average molecular weight is 310 g/mol. The molecule has 1 N–H and O–H groups in total. The molecule has 0 amide bonds. The summed E-state index contributed by atoms with van der Waals surface area (Å²) in [4.78, 5) is 2.54. The number of hydrogen-bond donors (Lipinski definition) is 1. The van der Waals surface area contributed by atoms with Crippen LogP contribution in [0.1, 0.15) is 37.8 Å². The monoisotopic (exact) mass is 309 g/mol.